The van der Waals surface area contributed by atoms with Gasteiger partial charge in [0.1, 0.15) is 0 Å². The number of aliphatic hydroxyl groups is 1. The minimum absolute atomic E-state index is 0.0793. The van der Waals surface area contributed by atoms with Crippen molar-refractivity contribution >= 4 is 11.8 Å². The van der Waals surface area contributed by atoms with Crippen LogP contribution in [0.1, 0.15) is 11.1 Å². The standard InChI is InChI=1S/C14H11F3OS/c15-14(16,17)12-3-1-2-4-13(12)19-11-7-5-10(9-18)6-8-11/h1-8,18H,9H2. The minimum Gasteiger partial charge on any atom is -0.392 e. The van der Waals surface area contributed by atoms with E-state index in [1.54, 1.807) is 30.3 Å². The fraction of sp³-hybridized carbons (Fsp3) is 0.143. The average molecular weight is 284 g/mol. The number of aliphatic hydroxyl groups excluding tert-OH is 1. The summed E-state index contributed by atoms with van der Waals surface area (Å²) in [5, 5.41) is 8.91. The maximum absolute atomic E-state index is 12.8. The zero-order valence-corrected chi connectivity index (χ0v) is 10.6. The van der Waals surface area contributed by atoms with E-state index in [0.29, 0.717) is 4.90 Å². The molecule has 1 nitrogen and oxygen atoms in total. The molecule has 0 atom stereocenters. The topological polar surface area (TPSA) is 20.2 Å². The van der Waals surface area contributed by atoms with Crippen LogP contribution in [0.2, 0.25) is 0 Å². The van der Waals surface area contributed by atoms with Gasteiger partial charge in [-0.2, -0.15) is 13.2 Å². The van der Waals surface area contributed by atoms with Crippen LogP contribution in [-0.2, 0) is 12.8 Å². The van der Waals surface area contributed by atoms with Crippen molar-refractivity contribution in [2.45, 2.75) is 22.6 Å². The fourth-order valence-electron chi connectivity index (χ4n) is 1.58. The third kappa shape index (κ3) is 3.52. The molecule has 2 aromatic rings. The molecule has 2 rings (SSSR count). The number of alkyl halides is 3. The number of hydrogen-bond donors (Lipinski definition) is 1. The zero-order valence-electron chi connectivity index (χ0n) is 9.82. The molecule has 0 bridgehead atoms. The van der Waals surface area contributed by atoms with E-state index in [2.05, 4.69) is 0 Å². The van der Waals surface area contributed by atoms with Gasteiger partial charge in [0.05, 0.1) is 12.2 Å². The second kappa shape index (κ2) is 5.67. The Bertz CT molecular complexity index is 549. The third-order valence-corrected chi connectivity index (χ3v) is 3.61. The summed E-state index contributed by atoms with van der Waals surface area (Å²) in [7, 11) is 0. The molecule has 0 radical (unpaired) electrons. The molecule has 0 spiro atoms. The smallest absolute Gasteiger partial charge is 0.392 e. The summed E-state index contributed by atoms with van der Waals surface area (Å²) >= 11 is 1.06. The fourth-order valence-corrected chi connectivity index (χ4v) is 2.55. The first kappa shape index (κ1) is 14.0. The maximum atomic E-state index is 12.8. The van der Waals surface area contributed by atoms with E-state index in [9.17, 15) is 13.2 Å². The highest BCUT2D eigenvalue weighted by Gasteiger charge is 2.33. The molecule has 0 aliphatic carbocycles. The van der Waals surface area contributed by atoms with E-state index in [1.807, 2.05) is 0 Å². The molecule has 0 aliphatic rings. The van der Waals surface area contributed by atoms with Crippen molar-refractivity contribution in [3.05, 3.63) is 59.7 Å². The second-order valence-electron chi connectivity index (χ2n) is 3.90. The van der Waals surface area contributed by atoms with Crippen LogP contribution in [0.5, 0.6) is 0 Å². The van der Waals surface area contributed by atoms with Gasteiger partial charge in [-0.3, -0.25) is 0 Å². The first-order valence-corrected chi connectivity index (χ1v) is 6.36. The largest absolute Gasteiger partial charge is 0.417 e. The lowest BCUT2D eigenvalue weighted by molar-refractivity contribution is -0.139. The van der Waals surface area contributed by atoms with Crippen LogP contribution in [0, 0.1) is 0 Å². The van der Waals surface area contributed by atoms with Crippen LogP contribution in [0.25, 0.3) is 0 Å². The van der Waals surface area contributed by atoms with Gasteiger partial charge in [-0.15, -0.1) is 0 Å². The lowest BCUT2D eigenvalue weighted by Crippen LogP contribution is -2.06. The molecular weight excluding hydrogens is 273 g/mol. The van der Waals surface area contributed by atoms with Crippen LogP contribution in [0.4, 0.5) is 13.2 Å². The molecule has 19 heavy (non-hydrogen) atoms. The van der Waals surface area contributed by atoms with Crippen LogP contribution in [0.15, 0.2) is 58.3 Å². The lowest BCUT2D eigenvalue weighted by atomic mass is 10.2. The second-order valence-corrected chi connectivity index (χ2v) is 5.01. The van der Waals surface area contributed by atoms with Crippen LogP contribution in [-0.4, -0.2) is 5.11 Å². The van der Waals surface area contributed by atoms with E-state index < -0.39 is 11.7 Å². The van der Waals surface area contributed by atoms with Gasteiger partial charge in [0.2, 0.25) is 0 Å². The molecule has 1 N–H and O–H groups in total. The van der Waals surface area contributed by atoms with Gasteiger partial charge >= 0.3 is 6.18 Å². The maximum Gasteiger partial charge on any atom is 0.417 e. The third-order valence-electron chi connectivity index (χ3n) is 2.53. The van der Waals surface area contributed by atoms with Crippen LogP contribution in [0.3, 0.4) is 0 Å². The summed E-state index contributed by atoms with van der Waals surface area (Å²) in [5.41, 5.74) is 0.0969. The van der Waals surface area contributed by atoms with E-state index in [-0.39, 0.29) is 11.5 Å². The molecule has 100 valence electrons. The van der Waals surface area contributed by atoms with E-state index in [1.165, 1.54) is 12.1 Å². The molecule has 0 saturated heterocycles. The Hall–Kier alpha value is -1.46. The highest BCUT2D eigenvalue weighted by Crippen LogP contribution is 2.39. The van der Waals surface area contributed by atoms with E-state index in [0.717, 1.165) is 23.4 Å². The highest BCUT2D eigenvalue weighted by molar-refractivity contribution is 7.99. The van der Waals surface area contributed by atoms with Crippen molar-refractivity contribution in [2.24, 2.45) is 0 Å². The van der Waals surface area contributed by atoms with Crippen molar-refractivity contribution in [3.63, 3.8) is 0 Å². The monoisotopic (exact) mass is 284 g/mol. The molecule has 0 fully saturated rings. The average Bonchev–Trinajstić information content (AvgIpc) is 2.39. The summed E-state index contributed by atoms with van der Waals surface area (Å²) in [4.78, 5) is 0.876. The first-order chi connectivity index (χ1) is 9.00. The molecular formula is C14H11F3OS. The Morgan fingerprint density at radius 1 is 0.947 bits per heavy atom. The Kier molecular flexibility index (Phi) is 4.17. The van der Waals surface area contributed by atoms with Crippen LogP contribution >= 0.6 is 11.8 Å². The Labute approximate surface area is 113 Å². The van der Waals surface area contributed by atoms with Gasteiger partial charge in [0.15, 0.2) is 0 Å². The summed E-state index contributed by atoms with van der Waals surface area (Å²) in [6.07, 6.45) is -4.35. The molecule has 0 aliphatic heterocycles. The molecule has 5 heteroatoms. The van der Waals surface area contributed by atoms with Crippen LogP contribution < -0.4 is 0 Å². The first-order valence-electron chi connectivity index (χ1n) is 5.54. The summed E-state index contributed by atoms with van der Waals surface area (Å²) in [5.74, 6) is 0. The van der Waals surface area contributed by atoms with Gasteiger partial charge in [0.25, 0.3) is 0 Å². The summed E-state index contributed by atoms with van der Waals surface area (Å²) < 4.78 is 38.5. The molecule has 0 heterocycles. The molecule has 0 unspecified atom stereocenters. The Balaban J connectivity index is 2.28. The van der Waals surface area contributed by atoms with Gasteiger partial charge < -0.3 is 5.11 Å². The number of hydrogen-bond acceptors (Lipinski definition) is 2. The quantitative estimate of drug-likeness (QED) is 0.904. The van der Waals surface area contributed by atoms with Gasteiger partial charge in [-0.1, -0.05) is 36.0 Å². The zero-order chi connectivity index (χ0) is 13.9. The number of benzene rings is 2. The molecule has 0 saturated carbocycles. The van der Waals surface area contributed by atoms with Gasteiger partial charge in [-0.05, 0) is 29.8 Å². The predicted molar refractivity (Wildman–Crippen MR) is 67.9 cm³/mol. The summed E-state index contributed by atoms with van der Waals surface area (Å²) in [6, 6.07) is 12.3. The minimum atomic E-state index is -4.35. The highest BCUT2D eigenvalue weighted by atomic mass is 32.2. The van der Waals surface area contributed by atoms with Gasteiger partial charge in [0, 0.05) is 9.79 Å². The Morgan fingerprint density at radius 3 is 2.16 bits per heavy atom. The van der Waals surface area contributed by atoms with Crippen molar-refractivity contribution in [1.29, 1.82) is 0 Å². The van der Waals surface area contributed by atoms with Crippen molar-refractivity contribution in [2.75, 3.05) is 0 Å². The number of halogens is 3. The van der Waals surface area contributed by atoms with Gasteiger partial charge in [-0.25, -0.2) is 0 Å². The molecule has 2 aromatic carbocycles. The summed E-state index contributed by atoms with van der Waals surface area (Å²) in [6.45, 7) is -0.0793. The van der Waals surface area contributed by atoms with Crippen molar-refractivity contribution in [3.8, 4) is 0 Å². The molecule has 0 amide bonds. The van der Waals surface area contributed by atoms with Crippen molar-refractivity contribution in [1.82, 2.24) is 0 Å². The van der Waals surface area contributed by atoms with E-state index in [4.69, 9.17) is 5.11 Å². The molecule has 0 aromatic heterocycles. The lowest BCUT2D eigenvalue weighted by Gasteiger charge is -2.12. The predicted octanol–water partition coefficient (Wildman–Crippen LogP) is 4.35. The Morgan fingerprint density at radius 2 is 1.58 bits per heavy atom. The normalized spacial score (nSPS) is 11.6. The van der Waals surface area contributed by atoms with Crippen molar-refractivity contribution < 1.29 is 18.3 Å². The van der Waals surface area contributed by atoms with E-state index >= 15 is 0 Å². The SMILES string of the molecule is OCc1ccc(Sc2ccccc2C(F)(F)F)cc1. The number of rotatable bonds is 3.